The summed E-state index contributed by atoms with van der Waals surface area (Å²) in [6, 6.07) is 8.94. The van der Waals surface area contributed by atoms with Crippen LogP contribution in [0.4, 0.5) is 0 Å². The molecule has 0 saturated heterocycles. The SMILES string of the molecule is CNC1CCc2cc(OCCCC#N)ccc21. The molecule has 1 atom stereocenters. The molecule has 0 radical (unpaired) electrons. The molecule has 1 aromatic rings. The Hall–Kier alpha value is -1.53. The molecule has 0 aromatic heterocycles. The van der Waals surface area contributed by atoms with Gasteiger partial charge in [0.05, 0.1) is 12.7 Å². The van der Waals surface area contributed by atoms with Gasteiger partial charge in [0, 0.05) is 12.5 Å². The highest BCUT2D eigenvalue weighted by atomic mass is 16.5. The van der Waals surface area contributed by atoms with Gasteiger partial charge in [-0.1, -0.05) is 6.07 Å². The van der Waals surface area contributed by atoms with Crippen molar-refractivity contribution in [2.24, 2.45) is 0 Å². The molecule has 17 heavy (non-hydrogen) atoms. The maximum atomic E-state index is 8.43. The summed E-state index contributed by atoms with van der Waals surface area (Å²) in [7, 11) is 2.01. The zero-order valence-corrected chi connectivity index (χ0v) is 10.2. The van der Waals surface area contributed by atoms with E-state index in [1.807, 2.05) is 13.1 Å². The number of hydrogen-bond donors (Lipinski definition) is 1. The topological polar surface area (TPSA) is 45.0 Å². The molecule has 0 saturated carbocycles. The molecule has 0 heterocycles. The summed E-state index contributed by atoms with van der Waals surface area (Å²) in [5, 5.41) is 11.8. The fourth-order valence-corrected chi connectivity index (χ4v) is 2.32. The number of hydrogen-bond acceptors (Lipinski definition) is 3. The highest BCUT2D eigenvalue weighted by molar-refractivity contribution is 5.40. The molecule has 0 fully saturated rings. The largest absolute Gasteiger partial charge is 0.494 e. The number of aryl methyl sites for hydroxylation is 1. The standard InChI is InChI=1S/C14H18N2O/c1-16-14-7-4-11-10-12(5-6-13(11)14)17-9-3-2-8-15/h5-6,10,14,16H,2-4,7,9H2,1H3. The smallest absolute Gasteiger partial charge is 0.119 e. The Morgan fingerprint density at radius 2 is 2.41 bits per heavy atom. The third-order valence-corrected chi connectivity index (χ3v) is 3.24. The molecule has 0 spiro atoms. The van der Waals surface area contributed by atoms with Crippen molar-refractivity contribution in [2.75, 3.05) is 13.7 Å². The first-order chi connectivity index (χ1) is 8.35. The van der Waals surface area contributed by atoms with Gasteiger partial charge in [-0.15, -0.1) is 0 Å². The second-order valence-electron chi connectivity index (χ2n) is 4.35. The van der Waals surface area contributed by atoms with Crippen molar-refractivity contribution >= 4 is 0 Å². The number of nitrogens with one attached hydrogen (secondary N) is 1. The van der Waals surface area contributed by atoms with Crippen molar-refractivity contribution in [1.82, 2.24) is 5.32 Å². The van der Waals surface area contributed by atoms with Crippen LogP contribution in [0.3, 0.4) is 0 Å². The summed E-state index contributed by atoms with van der Waals surface area (Å²) in [6.07, 6.45) is 3.65. The van der Waals surface area contributed by atoms with Crippen LogP contribution in [0.1, 0.15) is 36.4 Å². The zero-order valence-electron chi connectivity index (χ0n) is 10.2. The first-order valence-electron chi connectivity index (χ1n) is 6.15. The summed E-state index contributed by atoms with van der Waals surface area (Å²) in [5.41, 5.74) is 2.79. The molecule has 1 aliphatic rings. The van der Waals surface area contributed by atoms with Crippen molar-refractivity contribution in [3.63, 3.8) is 0 Å². The predicted molar refractivity (Wildman–Crippen MR) is 66.9 cm³/mol. The molecule has 1 unspecified atom stereocenters. The van der Waals surface area contributed by atoms with Crippen LogP contribution in [0.5, 0.6) is 5.75 Å². The van der Waals surface area contributed by atoms with Crippen LogP contribution in [0, 0.1) is 11.3 Å². The van der Waals surface area contributed by atoms with E-state index in [9.17, 15) is 0 Å². The van der Waals surface area contributed by atoms with E-state index in [4.69, 9.17) is 10.00 Å². The van der Waals surface area contributed by atoms with Gasteiger partial charge in [0.2, 0.25) is 0 Å². The van der Waals surface area contributed by atoms with Gasteiger partial charge >= 0.3 is 0 Å². The lowest BCUT2D eigenvalue weighted by Crippen LogP contribution is -2.12. The van der Waals surface area contributed by atoms with E-state index in [0.717, 1.165) is 18.6 Å². The number of benzene rings is 1. The lowest BCUT2D eigenvalue weighted by molar-refractivity contribution is 0.312. The van der Waals surface area contributed by atoms with Gasteiger partial charge < -0.3 is 10.1 Å². The first kappa shape index (κ1) is 11.9. The number of nitrogens with zero attached hydrogens (tertiary/aromatic N) is 1. The molecule has 3 heteroatoms. The van der Waals surface area contributed by atoms with Gasteiger partial charge in [0.1, 0.15) is 5.75 Å². The third kappa shape index (κ3) is 2.78. The molecule has 3 nitrogen and oxygen atoms in total. The van der Waals surface area contributed by atoms with Gasteiger partial charge in [-0.3, -0.25) is 0 Å². The third-order valence-electron chi connectivity index (χ3n) is 3.24. The Labute approximate surface area is 102 Å². The molecule has 0 bridgehead atoms. The summed E-state index contributed by atoms with van der Waals surface area (Å²) < 4.78 is 5.63. The first-order valence-corrected chi connectivity index (χ1v) is 6.15. The highest BCUT2D eigenvalue weighted by Crippen LogP contribution is 2.33. The highest BCUT2D eigenvalue weighted by Gasteiger charge is 2.20. The fraction of sp³-hybridized carbons (Fsp3) is 0.500. The molecule has 1 N–H and O–H groups in total. The van der Waals surface area contributed by atoms with Crippen molar-refractivity contribution in [2.45, 2.75) is 31.7 Å². The summed E-state index contributed by atoms with van der Waals surface area (Å²) in [4.78, 5) is 0. The van der Waals surface area contributed by atoms with Crippen molar-refractivity contribution in [3.8, 4) is 11.8 Å². The van der Waals surface area contributed by atoms with E-state index in [1.165, 1.54) is 17.5 Å². The van der Waals surface area contributed by atoms with Crippen LogP contribution in [0.2, 0.25) is 0 Å². The Morgan fingerprint density at radius 1 is 1.53 bits per heavy atom. The Bertz CT molecular complexity index is 423. The van der Waals surface area contributed by atoms with Crippen LogP contribution < -0.4 is 10.1 Å². The quantitative estimate of drug-likeness (QED) is 0.791. The summed E-state index contributed by atoms with van der Waals surface area (Å²) in [6.45, 7) is 0.627. The van der Waals surface area contributed by atoms with Gasteiger partial charge in [-0.25, -0.2) is 0 Å². The molecular weight excluding hydrogens is 212 g/mol. The number of rotatable bonds is 5. The average molecular weight is 230 g/mol. The van der Waals surface area contributed by atoms with Crippen LogP contribution >= 0.6 is 0 Å². The lowest BCUT2D eigenvalue weighted by Gasteiger charge is -2.11. The van der Waals surface area contributed by atoms with Gasteiger partial charge in [-0.2, -0.15) is 5.26 Å². The molecule has 0 amide bonds. The van der Waals surface area contributed by atoms with E-state index in [1.54, 1.807) is 0 Å². The molecular formula is C14H18N2O. The molecule has 0 aliphatic heterocycles. The van der Waals surface area contributed by atoms with Crippen LogP contribution in [0.15, 0.2) is 18.2 Å². The maximum absolute atomic E-state index is 8.43. The normalized spacial score (nSPS) is 17.5. The number of unbranched alkanes of at least 4 members (excludes halogenated alkanes) is 1. The van der Waals surface area contributed by atoms with Crippen molar-refractivity contribution < 1.29 is 4.74 Å². The van der Waals surface area contributed by atoms with E-state index >= 15 is 0 Å². The number of nitriles is 1. The maximum Gasteiger partial charge on any atom is 0.119 e. The number of ether oxygens (including phenoxy) is 1. The second-order valence-corrected chi connectivity index (χ2v) is 4.35. The molecule has 2 rings (SSSR count). The van der Waals surface area contributed by atoms with Crippen LogP contribution in [-0.4, -0.2) is 13.7 Å². The van der Waals surface area contributed by atoms with Gasteiger partial charge in [-0.05, 0) is 49.6 Å². The molecule has 90 valence electrons. The van der Waals surface area contributed by atoms with E-state index < -0.39 is 0 Å². The van der Waals surface area contributed by atoms with E-state index in [0.29, 0.717) is 19.1 Å². The second kappa shape index (κ2) is 5.70. The van der Waals surface area contributed by atoms with Crippen molar-refractivity contribution in [1.29, 1.82) is 5.26 Å². The zero-order chi connectivity index (χ0) is 12.1. The monoisotopic (exact) mass is 230 g/mol. The van der Waals surface area contributed by atoms with Crippen LogP contribution in [-0.2, 0) is 6.42 Å². The Morgan fingerprint density at radius 3 is 3.18 bits per heavy atom. The summed E-state index contributed by atoms with van der Waals surface area (Å²) in [5.74, 6) is 0.929. The minimum Gasteiger partial charge on any atom is -0.494 e. The van der Waals surface area contributed by atoms with Crippen molar-refractivity contribution in [3.05, 3.63) is 29.3 Å². The molecule has 1 aliphatic carbocycles. The molecule has 1 aromatic carbocycles. The summed E-state index contributed by atoms with van der Waals surface area (Å²) >= 11 is 0. The fourth-order valence-electron chi connectivity index (χ4n) is 2.32. The predicted octanol–water partition coefficient (Wildman–Crippen LogP) is 2.58. The average Bonchev–Trinajstić information content (AvgIpc) is 2.77. The Kier molecular flexibility index (Phi) is 4.00. The minimum atomic E-state index is 0.498. The minimum absolute atomic E-state index is 0.498. The van der Waals surface area contributed by atoms with Crippen LogP contribution in [0.25, 0.3) is 0 Å². The Balaban J connectivity index is 1.96. The van der Waals surface area contributed by atoms with E-state index in [-0.39, 0.29) is 0 Å². The van der Waals surface area contributed by atoms with E-state index in [2.05, 4.69) is 23.5 Å². The van der Waals surface area contributed by atoms with Gasteiger partial charge in [0.15, 0.2) is 0 Å². The number of fused-ring (bicyclic) bond motifs is 1. The lowest BCUT2D eigenvalue weighted by atomic mass is 10.1. The van der Waals surface area contributed by atoms with Gasteiger partial charge in [0.25, 0.3) is 0 Å².